The van der Waals surface area contributed by atoms with Gasteiger partial charge in [0.2, 0.25) is 17.7 Å². The highest BCUT2D eigenvalue weighted by Gasteiger charge is 2.31. The van der Waals surface area contributed by atoms with Crippen molar-refractivity contribution in [2.24, 2.45) is 5.92 Å². The molecule has 8 nitrogen and oxygen atoms in total. The number of nitrogen functional groups attached to an aromatic ring is 1. The summed E-state index contributed by atoms with van der Waals surface area (Å²) in [6.07, 6.45) is 9.77. The van der Waals surface area contributed by atoms with Gasteiger partial charge < -0.3 is 10.5 Å². The van der Waals surface area contributed by atoms with Crippen molar-refractivity contribution in [3.63, 3.8) is 0 Å². The number of anilines is 3. The number of nitrogens with two attached hydrogens (primary N) is 1. The third-order valence-corrected chi connectivity index (χ3v) is 6.06. The van der Waals surface area contributed by atoms with Crippen molar-refractivity contribution < 1.29 is 9.53 Å². The van der Waals surface area contributed by atoms with E-state index in [4.69, 9.17) is 10.5 Å². The van der Waals surface area contributed by atoms with Gasteiger partial charge in [0.25, 0.3) is 0 Å². The first kappa shape index (κ1) is 21.5. The largest absolute Gasteiger partial charge is 0.481 e. The van der Waals surface area contributed by atoms with Crippen LogP contribution in [0, 0.1) is 5.92 Å². The molecule has 1 aromatic carbocycles. The number of carbonyl (C=O) groups is 1. The normalized spacial score (nSPS) is 13.2. The van der Waals surface area contributed by atoms with Crippen LogP contribution in [0.1, 0.15) is 19.3 Å². The number of nitrogens with zero attached hydrogens (tertiary/aromatic N) is 5. The Hall–Kier alpha value is -4.33. The van der Waals surface area contributed by atoms with Gasteiger partial charge >= 0.3 is 0 Å². The van der Waals surface area contributed by atoms with Crippen molar-refractivity contribution in [2.45, 2.75) is 19.3 Å². The number of hydrogen-bond acceptors (Lipinski definition) is 7. The molecule has 0 unspecified atom stereocenters. The van der Waals surface area contributed by atoms with Gasteiger partial charge in [0.05, 0.1) is 12.8 Å². The molecule has 1 amide bonds. The van der Waals surface area contributed by atoms with E-state index in [1.165, 1.54) is 0 Å². The molecule has 0 spiro atoms. The molecule has 3 aromatic heterocycles. The van der Waals surface area contributed by atoms with Crippen molar-refractivity contribution in [3.05, 3.63) is 73.3 Å². The number of methoxy groups -OCH3 is 1. The smallest absolute Gasteiger partial charge is 0.235 e. The standard InChI is InChI=1S/C26H24N6O2/c1-34-24-12-8-20(14-29-24)19-7-11-23(28-13-19)32(25(33)18-3-2-4-18)22-9-5-17(6-10-22)21-15-30-26(27)31-16-21/h5-16,18H,2-4H2,1H3,(H2,27,30,31). The molecule has 1 saturated carbocycles. The average molecular weight is 453 g/mol. The number of benzene rings is 1. The van der Waals surface area contributed by atoms with Crippen LogP contribution in [0.15, 0.2) is 73.3 Å². The van der Waals surface area contributed by atoms with Gasteiger partial charge in [0, 0.05) is 53.5 Å². The fourth-order valence-electron chi connectivity index (χ4n) is 3.86. The summed E-state index contributed by atoms with van der Waals surface area (Å²) in [6.45, 7) is 0. The van der Waals surface area contributed by atoms with Crippen molar-refractivity contribution in [3.8, 4) is 28.1 Å². The maximum atomic E-state index is 13.4. The number of aromatic nitrogens is 4. The summed E-state index contributed by atoms with van der Waals surface area (Å²) in [6, 6.07) is 15.3. The summed E-state index contributed by atoms with van der Waals surface area (Å²) < 4.78 is 5.13. The van der Waals surface area contributed by atoms with Crippen LogP contribution in [-0.2, 0) is 4.79 Å². The second kappa shape index (κ2) is 9.27. The Kier molecular flexibility index (Phi) is 5.86. The van der Waals surface area contributed by atoms with E-state index in [0.29, 0.717) is 11.7 Å². The first-order valence-electron chi connectivity index (χ1n) is 11.1. The van der Waals surface area contributed by atoms with Crippen LogP contribution in [0.3, 0.4) is 0 Å². The Morgan fingerprint density at radius 2 is 1.44 bits per heavy atom. The molecule has 8 heteroatoms. The summed E-state index contributed by atoms with van der Waals surface area (Å²) in [5.74, 6) is 1.47. The number of amides is 1. The summed E-state index contributed by atoms with van der Waals surface area (Å²) in [7, 11) is 1.59. The molecule has 3 heterocycles. The monoisotopic (exact) mass is 452 g/mol. The molecule has 0 saturated heterocycles. The van der Waals surface area contributed by atoms with Crippen LogP contribution in [-0.4, -0.2) is 33.0 Å². The topological polar surface area (TPSA) is 107 Å². The van der Waals surface area contributed by atoms with Gasteiger partial charge in [-0.25, -0.2) is 19.9 Å². The van der Waals surface area contributed by atoms with Gasteiger partial charge in [0.1, 0.15) is 5.82 Å². The van der Waals surface area contributed by atoms with E-state index in [-0.39, 0.29) is 17.8 Å². The van der Waals surface area contributed by atoms with Crippen molar-refractivity contribution >= 4 is 23.4 Å². The molecule has 170 valence electrons. The molecule has 0 atom stereocenters. The van der Waals surface area contributed by atoms with Crippen LogP contribution < -0.4 is 15.4 Å². The molecule has 2 N–H and O–H groups in total. The molecule has 1 aliphatic carbocycles. The Labute approximate surface area is 197 Å². The van der Waals surface area contributed by atoms with Crippen LogP contribution in [0.25, 0.3) is 22.3 Å². The predicted molar refractivity (Wildman–Crippen MR) is 130 cm³/mol. The summed E-state index contributed by atoms with van der Waals surface area (Å²) in [5, 5.41) is 0. The summed E-state index contributed by atoms with van der Waals surface area (Å²) >= 11 is 0. The molecule has 1 aliphatic rings. The third-order valence-electron chi connectivity index (χ3n) is 6.06. The fraction of sp³-hybridized carbons (Fsp3) is 0.192. The van der Waals surface area contributed by atoms with Gasteiger partial charge in [-0.05, 0) is 48.7 Å². The van der Waals surface area contributed by atoms with E-state index in [2.05, 4.69) is 19.9 Å². The van der Waals surface area contributed by atoms with E-state index in [0.717, 1.165) is 47.2 Å². The highest BCUT2D eigenvalue weighted by Crippen LogP contribution is 2.35. The molecule has 4 aromatic rings. The molecular weight excluding hydrogens is 428 g/mol. The fourth-order valence-corrected chi connectivity index (χ4v) is 3.86. The minimum absolute atomic E-state index is 0.0254. The zero-order valence-electron chi connectivity index (χ0n) is 18.8. The Balaban J connectivity index is 1.45. The summed E-state index contributed by atoms with van der Waals surface area (Å²) in [5.41, 5.74) is 9.99. The van der Waals surface area contributed by atoms with E-state index >= 15 is 0 Å². The Morgan fingerprint density at radius 1 is 0.824 bits per heavy atom. The van der Waals surface area contributed by atoms with Crippen LogP contribution in [0.2, 0.25) is 0 Å². The van der Waals surface area contributed by atoms with Gasteiger partial charge in [-0.2, -0.15) is 0 Å². The van der Waals surface area contributed by atoms with Crippen molar-refractivity contribution in [1.29, 1.82) is 0 Å². The SMILES string of the molecule is COc1ccc(-c2ccc(N(C(=O)C3CCC3)c3ccc(-c4cnc(N)nc4)cc3)nc2)cn1. The number of hydrogen-bond donors (Lipinski definition) is 1. The van der Waals surface area contributed by atoms with Crippen molar-refractivity contribution in [1.82, 2.24) is 19.9 Å². The Morgan fingerprint density at radius 3 is 1.97 bits per heavy atom. The predicted octanol–water partition coefficient (Wildman–Crippen LogP) is 4.66. The zero-order chi connectivity index (χ0) is 23.5. The van der Waals surface area contributed by atoms with E-state index in [9.17, 15) is 4.79 Å². The maximum absolute atomic E-state index is 13.4. The second-order valence-electron chi connectivity index (χ2n) is 8.17. The lowest BCUT2D eigenvalue weighted by molar-refractivity contribution is -0.123. The number of rotatable bonds is 6. The second-order valence-corrected chi connectivity index (χ2v) is 8.17. The lowest BCUT2D eigenvalue weighted by Gasteiger charge is -2.31. The minimum Gasteiger partial charge on any atom is -0.481 e. The molecule has 34 heavy (non-hydrogen) atoms. The third kappa shape index (κ3) is 4.30. The zero-order valence-corrected chi connectivity index (χ0v) is 18.8. The summed E-state index contributed by atoms with van der Waals surface area (Å²) in [4.78, 5) is 32.1. The number of pyridine rings is 2. The average Bonchev–Trinajstić information content (AvgIpc) is 2.85. The van der Waals surface area contributed by atoms with E-state index in [1.54, 1.807) is 36.8 Å². The quantitative estimate of drug-likeness (QED) is 0.453. The first-order valence-corrected chi connectivity index (χ1v) is 11.1. The van der Waals surface area contributed by atoms with Gasteiger partial charge in [0.15, 0.2) is 0 Å². The maximum Gasteiger partial charge on any atom is 0.235 e. The van der Waals surface area contributed by atoms with Gasteiger partial charge in [-0.1, -0.05) is 18.6 Å². The molecular formula is C26H24N6O2. The number of carbonyl (C=O) groups excluding carboxylic acids is 1. The lowest BCUT2D eigenvalue weighted by Crippen LogP contribution is -2.36. The van der Waals surface area contributed by atoms with Crippen LogP contribution >= 0.6 is 0 Å². The van der Waals surface area contributed by atoms with Gasteiger partial charge in [-0.3, -0.25) is 9.69 Å². The molecule has 1 fully saturated rings. The van der Waals surface area contributed by atoms with Crippen LogP contribution in [0.5, 0.6) is 5.88 Å². The Bertz CT molecular complexity index is 1270. The van der Waals surface area contributed by atoms with E-state index in [1.807, 2.05) is 48.5 Å². The lowest BCUT2D eigenvalue weighted by atomic mass is 9.84. The van der Waals surface area contributed by atoms with Crippen LogP contribution in [0.4, 0.5) is 17.5 Å². The first-order chi connectivity index (χ1) is 16.6. The highest BCUT2D eigenvalue weighted by molar-refractivity contribution is 6.01. The number of ether oxygens (including phenoxy) is 1. The minimum atomic E-state index is 0.0254. The molecule has 0 radical (unpaired) electrons. The van der Waals surface area contributed by atoms with Gasteiger partial charge in [-0.15, -0.1) is 0 Å². The van der Waals surface area contributed by atoms with E-state index < -0.39 is 0 Å². The molecule has 0 bridgehead atoms. The van der Waals surface area contributed by atoms with Crippen molar-refractivity contribution in [2.75, 3.05) is 17.7 Å². The molecule has 0 aliphatic heterocycles. The molecule has 5 rings (SSSR count). The highest BCUT2D eigenvalue weighted by atomic mass is 16.5.